The van der Waals surface area contributed by atoms with Gasteiger partial charge in [-0.1, -0.05) is 71.1 Å². The molecule has 5 nitrogen and oxygen atoms in total. The lowest BCUT2D eigenvalue weighted by Gasteiger charge is -2.23. The molecule has 0 aliphatic rings. The van der Waals surface area contributed by atoms with Crippen LogP contribution in [0.2, 0.25) is 0 Å². The molecule has 0 radical (unpaired) electrons. The second kappa shape index (κ2) is 25.1. The maximum Gasteiger partial charge on any atom is 0.0833 e. The molecular weight excluding hydrogens is 380 g/mol. The van der Waals surface area contributed by atoms with Crippen molar-refractivity contribution in [2.24, 2.45) is 0 Å². The van der Waals surface area contributed by atoms with Crippen LogP contribution in [0.5, 0.6) is 0 Å². The van der Waals surface area contributed by atoms with Crippen molar-refractivity contribution in [3.63, 3.8) is 0 Å². The molecular formula is C25H52O5. The Morgan fingerprint density at radius 3 is 1.67 bits per heavy atom. The van der Waals surface area contributed by atoms with E-state index in [4.69, 9.17) is 19.7 Å². The summed E-state index contributed by atoms with van der Waals surface area (Å²) in [6.07, 6.45) is 17.5. The largest absolute Gasteiger partial charge is 0.396 e. The van der Waals surface area contributed by atoms with Crippen LogP contribution >= 0.6 is 0 Å². The summed E-state index contributed by atoms with van der Waals surface area (Å²) >= 11 is 0. The quantitative estimate of drug-likeness (QED) is 0.169. The summed E-state index contributed by atoms with van der Waals surface area (Å²) in [4.78, 5) is 0. The van der Waals surface area contributed by atoms with E-state index >= 15 is 0 Å². The molecule has 2 unspecified atom stereocenters. The van der Waals surface area contributed by atoms with Gasteiger partial charge in [0.25, 0.3) is 0 Å². The summed E-state index contributed by atoms with van der Waals surface area (Å²) in [5.74, 6) is 0. The summed E-state index contributed by atoms with van der Waals surface area (Å²) in [6, 6.07) is 0. The van der Waals surface area contributed by atoms with E-state index in [1.54, 1.807) is 0 Å². The molecule has 0 aromatic carbocycles. The van der Waals surface area contributed by atoms with Crippen molar-refractivity contribution in [1.29, 1.82) is 0 Å². The first-order valence-corrected chi connectivity index (χ1v) is 12.8. The third-order valence-electron chi connectivity index (χ3n) is 5.64. The number of rotatable bonds is 25. The average molecular weight is 433 g/mol. The van der Waals surface area contributed by atoms with Crippen LogP contribution in [0.25, 0.3) is 0 Å². The molecule has 0 amide bonds. The molecule has 3 N–H and O–H groups in total. The standard InChI is InChI=1S/C25H52O5/c1-2-3-4-10-17-24(28)25(18-11-9-13-20-27)30-23-16-8-7-15-22-29-21-14-6-5-12-19-26/h24-28H,2-23H2,1H3. The predicted octanol–water partition coefficient (Wildman–Crippen LogP) is 5.39. The minimum absolute atomic E-state index is 0.0560. The van der Waals surface area contributed by atoms with E-state index in [-0.39, 0.29) is 18.8 Å². The van der Waals surface area contributed by atoms with Crippen LogP contribution in [0.3, 0.4) is 0 Å². The van der Waals surface area contributed by atoms with E-state index in [0.29, 0.717) is 6.61 Å². The molecule has 0 aromatic rings. The highest BCUT2D eigenvalue weighted by atomic mass is 16.5. The highest BCUT2D eigenvalue weighted by Crippen LogP contribution is 2.17. The Bertz CT molecular complexity index is 314. The maximum atomic E-state index is 10.6. The fraction of sp³-hybridized carbons (Fsp3) is 1.00. The lowest BCUT2D eigenvalue weighted by Crippen LogP contribution is -2.29. The van der Waals surface area contributed by atoms with E-state index in [0.717, 1.165) is 110 Å². The van der Waals surface area contributed by atoms with E-state index in [1.165, 1.54) is 19.3 Å². The number of ether oxygens (including phenoxy) is 2. The van der Waals surface area contributed by atoms with Gasteiger partial charge in [-0.2, -0.15) is 0 Å². The molecule has 0 heterocycles. The normalized spacial score (nSPS) is 13.6. The molecule has 0 rings (SSSR count). The van der Waals surface area contributed by atoms with E-state index < -0.39 is 0 Å². The Balaban J connectivity index is 3.74. The Hall–Kier alpha value is -0.200. The molecule has 5 heteroatoms. The molecule has 182 valence electrons. The van der Waals surface area contributed by atoms with Gasteiger partial charge >= 0.3 is 0 Å². The van der Waals surface area contributed by atoms with Gasteiger partial charge in [0, 0.05) is 33.0 Å². The van der Waals surface area contributed by atoms with Gasteiger partial charge in [-0.3, -0.25) is 0 Å². The zero-order valence-corrected chi connectivity index (χ0v) is 19.9. The smallest absolute Gasteiger partial charge is 0.0833 e. The number of hydrogen-bond donors (Lipinski definition) is 3. The molecule has 0 saturated carbocycles. The van der Waals surface area contributed by atoms with Crippen molar-refractivity contribution in [2.45, 2.75) is 128 Å². The number of aliphatic hydroxyl groups excluding tert-OH is 3. The first-order valence-electron chi connectivity index (χ1n) is 12.8. The van der Waals surface area contributed by atoms with Crippen LogP contribution in [-0.4, -0.2) is 60.6 Å². The van der Waals surface area contributed by atoms with Crippen LogP contribution in [0.15, 0.2) is 0 Å². The first-order chi connectivity index (χ1) is 14.8. The van der Waals surface area contributed by atoms with Crippen LogP contribution in [0, 0.1) is 0 Å². The monoisotopic (exact) mass is 432 g/mol. The molecule has 30 heavy (non-hydrogen) atoms. The zero-order chi connectivity index (χ0) is 22.1. The minimum atomic E-state index is -0.359. The van der Waals surface area contributed by atoms with Crippen LogP contribution in [-0.2, 0) is 9.47 Å². The molecule has 0 aliphatic carbocycles. The van der Waals surface area contributed by atoms with Gasteiger partial charge in [-0.05, 0) is 44.9 Å². The Morgan fingerprint density at radius 1 is 0.567 bits per heavy atom. The lowest BCUT2D eigenvalue weighted by molar-refractivity contribution is -0.0475. The fourth-order valence-electron chi connectivity index (χ4n) is 3.65. The van der Waals surface area contributed by atoms with Gasteiger partial charge in [0.1, 0.15) is 0 Å². The Kier molecular flexibility index (Phi) is 24.9. The molecule has 0 saturated heterocycles. The van der Waals surface area contributed by atoms with E-state index in [2.05, 4.69) is 6.92 Å². The van der Waals surface area contributed by atoms with E-state index in [1.807, 2.05) is 0 Å². The second-order valence-corrected chi connectivity index (χ2v) is 8.56. The summed E-state index contributed by atoms with van der Waals surface area (Å²) in [7, 11) is 0. The Labute approximate surface area is 186 Å². The van der Waals surface area contributed by atoms with Crippen molar-refractivity contribution in [2.75, 3.05) is 33.0 Å². The fourth-order valence-corrected chi connectivity index (χ4v) is 3.65. The molecule has 0 spiro atoms. The second-order valence-electron chi connectivity index (χ2n) is 8.56. The van der Waals surface area contributed by atoms with Crippen molar-refractivity contribution < 1.29 is 24.8 Å². The SMILES string of the molecule is CCCCCCC(O)C(CCCCCO)OCCCCCCOCCCCCCO. The summed E-state index contributed by atoms with van der Waals surface area (Å²) < 4.78 is 11.7. The van der Waals surface area contributed by atoms with Gasteiger partial charge in [-0.15, -0.1) is 0 Å². The van der Waals surface area contributed by atoms with Gasteiger partial charge in [0.15, 0.2) is 0 Å². The van der Waals surface area contributed by atoms with Gasteiger partial charge in [0.05, 0.1) is 12.2 Å². The summed E-state index contributed by atoms with van der Waals surface area (Å²) in [6.45, 7) is 5.15. The lowest BCUT2D eigenvalue weighted by atomic mass is 10.0. The molecule has 0 aromatic heterocycles. The third kappa shape index (κ3) is 21.0. The molecule has 0 fully saturated rings. The number of unbranched alkanes of at least 4 members (excludes halogenated alkanes) is 11. The molecule has 0 bridgehead atoms. The predicted molar refractivity (Wildman–Crippen MR) is 125 cm³/mol. The average Bonchev–Trinajstić information content (AvgIpc) is 2.75. The molecule has 0 aliphatic heterocycles. The highest BCUT2D eigenvalue weighted by Gasteiger charge is 2.19. The number of aliphatic hydroxyl groups is 3. The molecule has 2 atom stereocenters. The highest BCUT2D eigenvalue weighted by molar-refractivity contribution is 4.70. The van der Waals surface area contributed by atoms with E-state index in [9.17, 15) is 5.11 Å². The summed E-state index contributed by atoms with van der Waals surface area (Å²) in [5.41, 5.74) is 0. The number of hydrogen-bond acceptors (Lipinski definition) is 5. The van der Waals surface area contributed by atoms with Crippen LogP contribution in [0.4, 0.5) is 0 Å². The maximum absolute atomic E-state index is 10.6. The van der Waals surface area contributed by atoms with Crippen molar-refractivity contribution in [3.8, 4) is 0 Å². The minimum Gasteiger partial charge on any atom is -0.396 e. The van der Waals surface area contributed by atoms with Crippen molar-refractivity contribution >= 4 is 0 Å². The third-order valence-corrected chi connectivity index (χ3v) is 5.64. The van der Waals surface area contributed by atoms with Gasteiger partial charge in [0.2, 0.25) is 0 Å². The van der Waals surface area contributed by atoms with Crippen molar-refractivity contribution in [1.82, 2.24) is 0 Å². The first kappa shape index (κ1) is 29.8. The van der Waals surface area contributed by atoms with Gasteiger partial charge in [-0.25, -0.2) is 0 Å². The Morgan fingerprint density at radius 2 is 1.07 bits per heavy atom. The van der Waals surface area contributed by atoms with Gasteiger partial charge < -0.3 is 24.8 Å². The van der Waals surface area contributed by atoms with Crippen molar-refractivity contribution in [3.05, 3.63) is 0 Å². The zero-order valence-electron chi connectivity index (χ0n) is 19.9. The summed E-state index contributed by atoms with van der Waals surface area (Å²) in [5, 5.41) is 28.2. The van der Waals surface area contributed by atoms with Crippen LogP contribution < -0.4 is 0 Å². The van der Waals surface area contributed by atoms with Crippen LogP contribution in [0.1, 0.15) is 116 Å². The topological polar surface area (TPSA) is 79.2 Å².